The molecule has 1 aromatic heterocycles. The minimum absolute atomic E-state index is 0.179. The van der Waals surface area contributed by atoms with E-state index in [9.17, 15) is 22.8 Å². The number of anilines is 1. The standard InChI is InChI=1S/C21H23N3O5S2/c1-31(28,29)12-11-16(24-19(26)13-7-5-6-8-14(13)20(24)27)18(25)23-21-22-15-9-3-2-4-10-17(15)30-21/h5-8,16H,2-4,9-12H2,1H3,(H,22,23,25). The first-order valence-electron chi connectivity index (χ1n) is 10.2. The molecular weight excluding hydrogens is 438 g/mol. The van der Waals surface area contributed by atoms with Crippen LogP contribution in [-0.2, 0) is 27.5 Å². The van der Waals surface area contributed by atoms with Crippen LogP contribution < -0.4 is 5.32 Å². The monoisotopic (exact) mass is 461 g/mol. The number of rotatable bonds is 6. The van der Waals surface area contributed by atoms with Gasteiger partial charge in [-0.1, -0.05) is 18.6 Å². The Morgan fingerprint density at radius 2 is 1.77 bits per heavy atom. The number of benzene rings is 1. The molecule has 2 aliphatic rings. The smallest absolute Gasteiger partial charge is 0.262 e. The van der Waals surface area contributed by atoms with Crippen LogP contribution in [0.3, 0.4) is 0 Å². The zero-order valence-corrected chi connectivity index (χ0v) is 18.7. The highest BCUT2D eigenvalue weighted by Gasteiger charge is 2.43. The van der Waals surface area contributed by atoms with Gasteiger partial charge < -0.3 is 5.32 Å². The number of aryl methyl sites for hydroxylation is 2. The van der Waals surface area contributed by atoms with Crippen LogP contribution >= 0.6 is 11.3 Å². The number of carbonyl (C=O) groups excluding carboxylic acids is 3. The number of nitrogens with one attached hydrogen (secondary N) is 1. The molecule has 1 atom stereocenters. The van der Waals surface area contributed by atoms with Crippen molar-refractivity contribution in [1.29, 1.82) is 0 Å². The third-order valence-corrected chi connectivity index (χ3v) is 7.58. The van der Waals surface area contributed by atoms with Crippen LogP contribution in [0, 0.1) is 0 Å². The average molecular weight is 462 g/mol. The molecule has 1 aromatic carbocycles. The summed E-state index contributed by atoms with van der Waals surface area (Å²) in [6.45, 7) is 0. The lowest BCUT2D eigenvalue weighted by Crippen LogP contribution is -2.48. The molecule has 1 aliphatic carbocycles. The Bertz CT molecular complexity index is 1100. The van der Waals surface area contributed by atoms with Crippen molar-refractivity contribution >= 4 is 44.0 Å². The number of imide groups is 1. The van der Waals surface area contributed by atoms with Crippen molar-refractivity contribution in [2.24, 2.45) is 0 Å². The Morgan fingerprint density at radius 3 is 2.42 bits per heavy atom. The van der Waals surface area contributed by atoms with Crippen molar-refractivity contribution in [1.82, 2.24) is 9.88 Å². The highest BCUT2D eigenvalue weighted by Crippen LogP contribution is 2.30. The van der Waals surface area contributed by atoms with Crippen LogP contribution in [0.4, 0.5) is 5.13 Å². The number of sulfone groups is 1. The summed E-state index contributed by atoms with van der Waals surface area (Å²) in [5.74, 6) is -2.12. The number of nitrogens with zero attached hydrogens (tertiary/aromatic N) is 2. The van der Waals surface area contributed by atoms with Gasteiger partial charge in [0.25, 0.3) is 11.8 Å². The number of aromatic nitrogens is 1. The maximum absolute atomic E-state index is 13.2. The summed E-state index contributed by atoms with van der Waals surface area (Å²) in [5, 5.41) is 3.14. The third kappa shape index (κ3) is 4.54. The number of carbonyl (C=O) groups is 3. The van der Waals surface area contributed by atoms with Gasteiger partial charge in [-0.05, 0) is 44.2 Å². The van der Waals surface area contributed by atoms with Crippen LogP contribution in [-0.4, -0.2) is 54.1 Å². The first kappa shape index (κ1) is 21.6. The van der Waals surface area contributed by atoms with E-state index < -0.39 is 33.6 Å². The summed E-state index contributed by atoms with van der Waals surface area (Å²) in [6.07, 6.45) is 5.93. The van der Waals surface area contributed by atoms with E-state index in [-0.39, 0.29) is 23.3 Å². The van der Waals surface area contributed by atoms with E-state index in [2.05, 4.69) is 10.3 Å². The van der Waals surface area contributed by atoms with Crippen molar-refractivity contribution in [3.63, 3.8) is 0 Å². The van der Waals surface area contributed by atoms with Gasteiger partial charge >= 0.3 is 0 Å². The highest BCUT2D eigenvalue weighted by molar-refractivity contribution is 7.90. The molecule has 2 aromatic rings. The number of fused-ring (bicyclic) bond motifs is 2. The topological polar surface area (TPSA) is 114 Å². The van der Waals surface area contributed by atoms with Gasteiger partial charge in [0.1, 0.15) is 15.9 Å². The van der Waals surface area contributed by atoms with Crippen LogP contribution in [0.5, 0.6) is 0 Å². The summed E-state index contributed by atoms with van der Waals surface area (Å²) < 4.78 is 23.5. The molecule has 8 nitrogen and oxygen atoms in total. The number of thiazole rings is 1. The van der Waals surface area contributed by atoms with E-state index in [1.807, 2.05) is 0 Å². The Kier molecular flexibility index (Phi) is 5.94. The van der Waals surface area contributed by atoms with Gasteiger partial charge in [-0.3, -0.25) is 19.3 Å². The molecule has 1 N–H and O–H groups in total. The van der Waals surface area contributed by atoms with Crippen LogP contribution in [0.1, 0.15) is 57.0 Å². The predicted octanol–water partition coefficient (Wildman–Crippen LogP) is 2.45. The fourth-order valence-electron chi connectivity index (χ4n) is 3.97. The molecule has 1 unspecified atom stereocenters. The quantitative estimate of drug-likeness (QED) is 0.522. The first-order chi connectivity index (χ1) is 14.7. The van der Waals surface area contributed by atoms with Crippen molar-refractivity contribution in [3.8, 4) is 0 Å². The fraction of sp³-hybridized carbons (Fsp3) is 0.429. The normalized spacial score (nSPS) is 17.1. The van der Waals surface area contributed by atoms with Crippen LogP contribution in [0.2, 0.25) is 0 Å². The molecule has 2 heterocycles. The van der Waals surface area contributed by atoms with Gasteiger partial charge in [-0.25, -0.2) is 13.4 Å². The summed E-state index contributed by atoms with van der Waals surface area (Å²) >= 11 is 1.40. The van der Waals surface area contributed by atoms with Crippen molar-refractivity contribution in [2.75, 3.05) is 17.3 Å². The minimum Gasteiger partial charge on any atom is -0.300 e. The second-order valence-corrected chi connectivity index (χ2v) is 11.2. The van der Waals surface area contributed by atoms with Gasteiger partial charge in [0, 0.05) is 11.1 Å². The first-order valence-corrected chi connectivity index (χ1v) is 13.1. The Hall–Kier alpha value is -2.59. The lowest BCUT2D eigenvalue weighted by atomic mass is 10.1. The summed E-state index contributed by atoms with van der Waals surface area (Å²) in [6, 6.07) is 5.09. The predicted molar refractivity (Wildman–Crippen MR) is 117 cm³/mol. The minimum atomic E-state index is -3.41. The maximum Gasteiger partial charge on any atom is 0.262 e. The molecule has 3 amide bonds. The van der Waals surface area contributed by atoms with E-state index in [1.165, 1.54) is 23.5 Å². The molecule has 0 saturated heterocycles. The largest absolute Gasteiger partial charge is 0.300 e. The summed E-state index contributed by atoms with van der Waals surface area (Å²) in [7, 11) is -3.41. The van der Waals surface area contributed by atoms with Gasteiger partial charge in [-0.15, -0.1) is 11.3 Å². The molecule has 0 radical (unpaired) electrons. The van der Waals surface area contributed by atoms with E-state index in [0.717, 1.165) is 53.8 Å². The Balaban J connectivity index is 1.60. The van der Waals surface area contributed by atoms with Gasteiger partial charge in [-0.2, -0.15) is 0 Å². The van der Waals surface area contributed by atoms with Crippen LogP contribution in [0.15, 0.2) is 24.3 Å². The summed E-state index contributed by atoms with van der Waals surface area (Å²) in [4.78, 5) is 45.5. The molecule has 31 heavy (non-hydrogen) atoms. The molecule has 164 valence electrons. The van der Waals surface area contributed by atoms with E-state index in [4.69, 9.17) is 0 Å². The highest BCUT2D eigenvalue weighted by atomic mass is 32.2. The van der Waals surface area contributed by atoms with Gasteiger partial charge in [0.2, 0.25) is 5.91 Å². The lowest BCUT2D eigenvalue weighted by Gasteiger charge is -2.24. The fourth-order valence-corrected chi connectivity index (χ4v) is 5.67. The summed E-state index contributed by atoms with van der Waals surface area (Å²) in [5.41, 5.74) is 1.41. The third-order valence-electron chi connectivity index (χ3n) is 5.53. The lowest BCUT2D eigenvalue weighted by molar-refractivity contribution is -0.120. The maximum atomic E-state index is 13.2. The van der Waals surface area contributed by atoms with Gasteiger partial charge in [0.05, 0.1) is 22.6 Å². The number of amides is 3. The van der Waals surface area contributed by atoms with Crippen molar-refractivity contribution in [2.45, 2.75) is 44.6 Å². The van der Waals surface area contributed by atoms with Crippen LogP contribution in [0.25, 0.3) is 0 Å². The van der Waals surface area contributed by atoms with Crippen molar-refractivity contribution in [3.05, 3.63) is 46.0 Å². The second-order valence-electron chi connectivity index (χ2n) is 7.90. The molecule has 0 fully saturated rings. The Labute approximate surface area is 184 Å². The van der Waals surface area contributed by atoms with E-state index >= 15 is 0 Å². The van der Waals surface area contributed by atoms with Gasteiger partial charge in [0.15, 0.2) is 5.13 Å². The molecule has 1 aliphatic heterocycles. The van der Waals surface area contributed by atoms with Crippen molar-refractivity contribution < 1.29 is 22.8 Å². The molecular formula is C21H23N3O5S2. The molecule has 0 spiro atoms. The average Bonchev–Trinajstić information content (AvgIpc) is 3.11. The molecule has 0 saturated carbocycles. The number of hydrogen-bond acceptors (Lipinski definition) is 7. The van der Waals surface area contributed by atoms with E-state index in [1.54, 1.807) is 12.1 Å². The molecule has 0 bridgehead atoms. The van der Waals surface area contributed by atoms with E-state index in [0.29, 0.717) is 5.13 Å². The zero-order valence-electron chi connectivity index (χ0n) is 17.1. The SMILES string of the molecule is CS(=O)(=O)CCC(C(=O)Nc1nc2c(s1)CCCCC2)N1C(=O)c2ccccc2C1=O. The number of hydrogen-bond donors (Lipinski definition) is 1. The molecule has 10 heteroatoms. The molecule has 4 rings (SSSR count). The zero-order chi connectivity index (χ0) is 22.2. The Morgan fingerprint density at radius 1 is 1.13 bits per heavy atom. The second kappa shape index (κ2) is 8.51.